The lowest BCUT2D eigenvalue weighted by Gasteiger charge is -2.22. The van der Waals surface area contributed by atoms with Gasteiger partial charge in [-0.1, -0.05) is 53.9 Å². The van der Waals surface area contributed by atoms with Gasteiger partial charge in [0.1, 0.15) is 0 Å². The van der Waals surface area contributed by atoms with Crippen molar-refractivity contribution in [3.63, 3.8) is 0 Å². The maximum absolute atomic E-state index is 2.40. The van der Waals surface area contributed by atoms with Crippen LogP contribution < -0.4 is 0 Å². The van der Waals surface area contributed by atoms with Crippen LogP contribution in [-0.2, 0) is 0 Å². The van der Waals surface area contributed by atoms with Crippen molar-refractivity contribution in [2.45, 2.75) is 60.3 Å². The van der Waals surface area contributed by atoms with Crippen molar-refractivity contribution in [2.24, 2.45) is 17.8 Å². The number of rotatable bonds is 6. The quantitative estimate of drug-likeness (QED) is 0.551. The number of hydrogen-bond acceptors (Lipinski definition) is 0. The lowest BCUT2D eigenvalue weighted by atomic mass is 9.84. The van der Waals surface area contributed by atoms with Gasteiger partial charge >= 0.3 is 0 Å². The first-order chi connectivity index (χ1) is 5.61. The molecule has 0 aliphatic heterocycles. The molecular weight excluding hydrogens is 144 g/mol. The SMILES string of the molecule is CCCC(C)CC(CC)C(C)C. The summed E-state index contributed by atoms with van der Waals surface area (Å²) < 4.78 is 0. The van der Waals surface area contributed by atoms with E-state index in [0.29, 0.717) is 0 Å². The van der Waals surface area contributed by atoms with Crippen LogP contribution in [0.1, 0.15) is 60.3 Å². The predicted molar refractivity (Wildman–Crippen MR) is 57.3 cm³/mol. The Balaban J connectivity index is 3.69. The molecule has 0 aromatic heterocycles. The van der Waals surface area contributed by atoms with Gasteiger partial charge in [0.05, 0.1) is 0 Å². The van der Waals surface area contributed by atoms with Crippen LogP contribution in [0.25, 0.3) is 0 Å². The monoisotopic (exact) mass is 170 g/mol. The van der Waals surface area contributed by atoms with Gasteiger partial charge in [0.25, 0.3) is 0 Å². The molecule has 0 aromatic rings. The number of hydrogen-bond donors (Lipinski definition) is 0. The molecule has 0 amide bonds. The molecule has 0 nitrogen and oxygen atoms in total. The minimum atomic E-state index is 0.870. The van der Waals surface area contributed by atoms with Crippen LogP contribution in [0.4, 0.5) is 0 Å². The highest BCUT2D eigenvalue weighted by Gasteiger charge is 2.13. The first kappa shape index (κ1) is 12.0. The molecule has 0 aliphatic carbocycles. The van der Waals surface area contributed by atoms with Gasteiger partial charge in [0, 0.05) is 0 Å². The van der Waals surface area contributed by atoms with Gasteiger partial charge in [-0.25, -0.2) is 0 Å². The largest absolute Gasteiger partial charge is 0.0654 e. The van der Waals surface area contributed by atoms with Gasteiger partial charge < -0.3 is 0 Å². The van der Waals surface area contributed by atoms with Gasteiger partial charge in [-0.15, -0.1) is 0 Å². The van der Waals surface area contributed by atoms with Gasteiger partial charge in [-0.05, 0) is 24.2 Å². The lowest BCUT2D eigenvalue weighted by Crippen LogP contribution is -2.11. The molecule has 0 heteroatoms. The Morgan fingerprint density at radius 2 is 1.58 bits per heavy atom. The lowest BCUT2D eigenvalue weighted by molar-refractivity contribution is 0.289. The van der Waals surface area contributed by atoms with Crippen molar-refractivity contribution in [3.05, 3.63) is 0 Å². The fraction of sp³-hybridized carbons (Fsp3) is 1.00. The Morgan fingerprint density at radius 1 is 1.00 bits per heavy atom. The first-order valence-corrected chi connectivity index (χ1v) is 5.61. The second-order valence-corrected chi connectivity index (χ2v) is 4.54. The molecule has 0 aliphatic rings. The van der Waals surface area contributed by atoms with Crippen LogP contribution in [0.15, 0.2) is 0 Å². The molecule has 0 radical (unpaired) electrons. The summed E-state index contributed by atoms with van der Waals surface area (Å²) in [5.74, 6) is 2.75. The van der Waals surface area contributed by atoms with Gasteiger partial charge in [0.15, 0.2) is 0 Å². The standard InChI is InChI=1S/C12H26/c1-6-8-11(5)9-12(7-2)10(3)4/h10-12H,6-9H2,1-5H3. The van der Waals surface area contributed by atoms with Crippen LogP contribution in [0.2, 0.25) is 0 Å². The third kappa shape index (κ3) is 4.79. The van der Waals surface area contributed by atoms with E-state index in [0.717, 1.165) is 17.8 Å². The highest BCUT2D eigenvalue weighted by atomic mass is 14.2. The first-order valence-electron chi connectivity index (χ1n) is 5.61. The molecule has 0 N–H and O–H groups in total. The van der Waals surface area contributed by atoms with Crippen LogP contribution >= 0.6 is 0 Å². The Morgan fingerprint density at radius 3 is 1.92 bits per heavy atom. The summed E-state index contributed by atoms with van der Waals surface area (Å²) in [7, 11) is 0. The van der Waals surface area contributed by atoms with Crippen molar-refractivity contribution in [3.8, 4) is 0 Å². The van der Waals surface area contributed by atoms with Crippen LogP contribution in [-0.4, -0.2) is 0 Å². The van der Waals surface area contributed by atoms with Gasteiger partial charge in [0.2, 0.25) is 0 Å². The molecule has 74 valence electrons. The molecule has 2 atom stereocenters. The molecule has 0 rings (SSSR count). The van der Waals surface area contributed by atoms with E-state index in [4.69, 9.17) is 0 Å². The fourth-order valence-corrected chi connectivity index (χ4v) is 2.04. The van der Waals surface area contributed by atoms with Gasteiger partial charge in [-0.2, -0.15) is 0 Å². The van der Waals surface area contributed by atoms with Crippen molar-refractivity contribution in [1.82, 2.24) is 0 Å². The summed E-state index contributed by atoms with van der Waals surface area (Å²) in [4.78, 5) is 0. The highest BCUT2D eigenvalue weighted by Crippen LogP contribution is 2.25. The average Bonchev–Trinajstić information content (AvgIpc) is 2.00. The summed E-state index contributed by atoms with van der Waals surface area (Å²) in [6.07, 6.45) is 5.53. The Kier molecular flexibility index (Phi) is 6.51. The molecule has 0 aromatic carbocycles. The Hall–Kier alpha value is 0. The minimum absolute atomic E-state index is 0.870. The maximum Gasteiger partial charge on any atom is -0.0391 e. The van der Waals surface area contributed by atoms with Crippen LogP contribution in [0.5, 0.6) is 0 Å². The third-order valence-electron chi connectivity index (χ3n) is 2.95. The molecule has 12 heavy (non-hydrogen) atoms. The van der Waals surface area contributed by atoms with E-state index >= 15 is 0 Å². The average molecular weight is 170 g/mol. The van der Waals surface area contributed by atoms with E-state index in [-0.39, 0.29) is 0 Å². The van der Waals surface area contributed by atoms with Crippen molar-refractivity contribution < 1.29 is 0 Å². The van der Waals surface area contributed by atoms with E-state index < -0.39 is 0 Å². The summed E-state index contributed by atoms with van der Waals surface area (Å²) >= 11 is 0. The van der Waals surface area contributed by atoms with Crippen molar-refractivity contribution >= 4 is 0 Å². The van der Waals surface area contributed by atoms with Crippen molar-refractivity contribution in [2.75, 3.05) is 0 Å². The van der Waals surface area contributed by atoms with E-state index in [1.54, 1.807) is 0 Å². The van der Waals surface area contributed by atoms with E-state index in [9.17, 15) is 0 Å². The molecule has 0 fully saturated rings. The van der Waals surface area contributed by atoms with E-state index in [1.165, 1.54) is 25.7 Å². The van der Waals surface area contributed by atoms with E-state index in [2.05, 4.69) is 34.6 Å². The summed E-state index contributed by atoms with van der Waals surface area (Å²) in [6, 6.07) is 0. The molecule has 0 heterocycles. The fourth-order valence-electron chi connectivity index (χ4n) is 2.04. The summed E-state index contributed by atoms with van der Waals surface area (Å²) in [5.41, 5.74) is 0. The second kappa shape index (κ2) is 6.51. The summed E-state index contributed by atoms with van der Waals surface area (Å²) in [6.45, 7) is 11.7. The Labute approximate surface area is 78.8 Å². The predicted octanol–water partition coefficient (Wildman–Crippen LogP) is 4.49. The molecule has 0 saturated carbocycles. The highest BCUT2D eigenvalue weighted by molar-refractivity contribution is 4.65. The Bertz CT molecular complexity index is 94.2. The molecule has 0 saturated heterocycles. The molecule has 0 spiro atoms. The summed E-state index contributed by atoms with van der Waals surface area (Å²) in [5, 5.41) is 0. The van der Waals surface area contributed by atoms with Crippen LogP contribution in [0.3, 0.4) is 0 Å². The van der Waals surface area contributed by atoms with Gasteiger partial charge in [-0.3, -0.25) is 0 Å². The normalized spacial score (nSPS) is 16.5. The minimum Gasteiger partial charge on any atom is -0.0654 e. The zero-order chi connectivity index (χ0) is 9.56. The zero-order valence-electron chi connectivity index (χ0n) is 9.56. The third-order valence-corrected chi connectivity index (χ3v) is 2.95. The molecular formula is C12H26. The second-order valence-electron chi connectivity index (χ2n) is 4.54. The smallest absolute Gasteiger partial charge is 0.0391 e. The van der Waals surface area contributed by atoms with Crippen LogP contribution in [0, 0.1) is 17.8 Å². The maximum atomic E-state index is 2.40. The van der Waals surface area contributed by atoms with Crippen molar-refractivity contribution in [1.29, 1.82) is 0 Å². The molecule has 2 unspecified atom stereocenters. The molecule has 0 bridgehead atoms. The van der Waals surface area contributed by atoms with E-state index in [1.807, 2.05) is 0 Å². The zero-order valence-corrected chi connectivity index (χ0v) is 9.56. The topological polar surface area (TPSA) is 0 Å².